The second-order valence-electron chi connectivity index (χ2n) is 5.23. The second kappa shape index (κ2) is 10.3. The number of carbonyl (C=O) groups excluding carboxylic acids is 2. The summed E-state index contributed by atoms with van der Waals surface area (Å²) < 4.78 is 17.9. The van der Waals surface area contributed by atoms with Gasteiger partial charge in [0.05, 0.1) is 11.5 Å². The summed E-state index contributed by atoms with van der Waals surface area (Å²) in [5, 5.41) is 14.2. The lowest BCUT2D eigenvalue weighted by atomic mass is 10.3. The molecule has 1 aromatic carbocycles. The van der Waals surface area contributed by atoms with Crippen LogP contribution in [-0.2, 0) is 9.53 Å². The topological polar surface area (TPSA) is 79.2 Å². The standard InChI is InChI=1S/C18H17FN2O3S3/c1-3-24-18(23)16-11(2)15(26-10-20)17(27-16)21-14(22)8-9-25-13-6-4-12(19)5-7-13/h4-7H,3,8-9H2,1-2H3,(H,21,22). The van der Waals surface area contributed by atoms with Crippen LogP contribution < -0.4 is 5.32 Å². The van der Waals surface area contributed by atoms with Crippen LogP contribution in [0.4, 0.5) is 9.39 Å². The van der Waals surface area contributed by atoms with Crippen LogP contribution in [0.5, 0.6) is 0 Å². The Bertz CT molecular complexity index is 860. The van der Waals surface area contributed by atoms with Crippen molar-refractivity contribution in [3.63, 3.8) is 0 Å². The molecule has 0 aliphatic rings. The normalized spacial score (nSPS) is 10.3. The fourth-order valence-electron chi connectivity index (χ4n) is 2.12. The SMILES string of the molecule is CCOC(=O)c1sc(NC(=O)CCSc2ccc(F)cc2)c(SC#N)c1C. The molecule has 9 heteroatoms. The Labute approximate surface area is 169 Å². The van der Waals surface area contributed by atoms with Crippen molar-refractivity contribution in [2.45, 2.75) is 30.1 Å². The summed E-state index contributed by atoms with van der Waals surface area (Å²) in [4.78, 5) is 26.1. The van der Waals surface area contributed by atoms with Gasteiger partial charge in [0, 0.05) is 17.1 Å². The number of rotatable bonds is 8. The van der Waals surface area contributed by atoms with Crippen LogP contribution in [0.3, 0.4) is 0 Å². The van der Waals surface area contributed by atoms with Crippen LogP contribution in [-0.4, -0.2) is 24.2 Å². The number of anilines is 1. The lowest BCUT2D eigenvalue weighted by Crippen LogP contribution is -2.11. The Morgan fingerprint density at radius 3 is 2.67 bits per heavy atom. The molecule has 0 radical (unpaired) electrons. The lowest BCUT2D eigenvalue weighted by molar-refractivity contribution is -0.115. The minimum absolute atomic E-state index is 0.221. The Balaban J connectivity index is 2.01. The molecular formula is C18H17FN2O3S3. The van der Waals surface area contributed by atoms with E-state index in [0.29, 0.717) is 26.1 Å². The van der Waals surface area contributed by atoms with E-state index >= 15 is 0 Å². The van der Waals surface area contributed by atoms with E-state index in [1.807, 2.05) is 5.40 Å². The molecule has 1 amide bonds. The van der Waals surface area contributed by atoms with Crippen molar-refractivity contribution in [1.29, 1.82) is 5.26 Å². The monoisotopic (exact) mass is 424 g/mol. The first-order valence-corrected chi connectivity index (χ1v) is 10.6. The highest BCUT2D eigenvalue weighted by molar-refractivity contribution is 8.04. The predicted octanol–water partition coefficient (Wildman–Crippen LogP) is 5.07. The van der Waals surface area contributed by atoms with E-state index in [4.69, 9.17) is 10.00 Å². The van der Waals surface area contributed by atoms with Gasteiger partial charge in [0.25, 0.3) is 0 Å². The van der Waals surface area contributed by atoms with Gasteiger partial charge in [-0.05, 0) is 55.4 Å². The average molecular weight is 425 g/mol. The van der Waals surface area contributed by atoms with Crippen LogP contribution in [0.2, 0.25) is 0 Å². The molecule has 0 aliphatic carbocycles. The molecule has 0 atom stereocenters. The zero-order valence-electron chi connectivity index (χ0n) is 14.7. The van der Waals surface area contributed by atoms with E-state index in [9.17, 15) is 14.0 Å². The van der Waals surface area contributed by atoms with Crippen LogP contribution in [0.1, 0.15) is 28.6 Å². The molecule has 0 spiro atoms. The van der Waals surface area contributed by atoms with Gasteiger partial charge < -0.3 is 10.1 Å². The van der Waals surface area contributed by atoms with E-state index in [1.54, 1.807) is 26.0 Å². The molecule has 0 aliphatic heterocycles. The highest BCUT2D eigenvalue weighted by atomic mass is 32.2. The van der Waals surface area contributed by atoms with E-state index in [-0.39, 0.29) is 24.8 Å². The molecule has 2 rings (SSSR count). The van der Waals surface area contributed by atoms with E-state index in [0.717, 1.165) is 28.0 Å². The summed E-state index contributed by atoms with van der Waals surface area (Å²) >= 11 is 3.46. The number of thiocyanates is 1. The van der Waals surface area contributed by atoms with Crippen molar-refractivity contribution >= 4 is 51.7 Å². The number of nitriles is 1. The number of thioether (sulfide) groups is 2. The summed E-state index contributed by atoms with van der Waals surface area (Å²) in [6.07, 6.45) is 0.240. The van der Waals surface area contributed by atoms with E-state index in [2.05, 4.69) is 5.32 Å². The number of halogens is 1. The predicted molar refractivity (Wildman–Crippen MR) is 107 cm³/mol. The molecule has 0 saturated heterocycles. The molecule has 1 N–H and O–H groups in total. The van der Waals surface area contributed by atoms with Gasteiger partial charge >= 0.3 is 5.97 Å². The largest absolute Gasteiger partial charge is 0.462 e. The molecule has 142 valence electrons. The number of ether oxygens (including phenoxy) is 1. The maximum Gasteiger partial charge on any atom is 0.348 e. The molecule has 5 nitrogen and oxygen atoms in total. The van der Waals surface area contributed by atoms with E-state index < -0.39 is 5.97 Å². The number of thiophene rings is 1. The maximum absolute atomic E-state index is 12.9. The summed E-state index contributed by atoms with van der Waals surface area (Å²) in [5.41, 5.74) is 0.626. The molecule has 0 saturated carbocycles. The van der Waals surface area contributed by atoms with Gasteiger partial charge in [0.15, 0.2) is 0 Å². The molecule has 1 heterocycles. The van der Waals surface area contributed by atoms with Crippen molar-refractivity contribution < 1.29 is 18.7 Å². The van der Waals surface area contributed by atoms with Crippen molar-refractivity contribution in [3.8, 4) is 5.40 Å². The molecule has 1 aromatic heterocycles. The number of hydrogen-bond donors (Lipinski definition) is 1. The Morgan fingerprint density at radius 1 is 1.33 bits per heavy atom. The van der Waals surface area contributed by atoms with Crippen LogP contribution >= 0.6 is 34.9 Å². The fourth-order valence-corrected chi connectivity index (χ4v) is 4.79. The van der Waals surface area contributed by atoms with Gasteiger partial charge in [-0.3, -0.25) is 4.79 Å². The Hall–Kier alpha value is -2.02. The highest BCUT2D eigenvalue weighted by Crippen LogP contribution is 2.40. The third-order valence-corrected chi connectivity index (χ3v) is 6.50. The Morgan fingerprint density at radius 2 is 2.04 bits per heavy atom. The molecule has 2 aromatic rings. The van der Waals surface area contributed by atoms with Crippen molar-refractivity contribution in [2.24, 2.45) is 0 Å². The molecular weight excluding hydrogens is 407 g/mol. The number of hydrogen-bond acceptors (Lipinski definition) is 7. The third-order valence-electron chi connectivity index (χ3n) is 3.36. The second-order valence-corrected chi connectivity index (χ2v) is 8.21. The molecule has 27 heavy (non-hydrogen) atoms. The molecule has 0 unspecified atom stereocenters. The highest BCUT2D eigenvalue weighted by Gasteiger charge is 2.22. The molecule has 0 fully saturated rings. The number of amides is 1. The summed E-state index contributed by atoms with van der Waals surface area (Å²) in [6, 6.07) is 6.07. The van der Waals surface area contributed by atoms with Crippen LogP contribution in [0, 0.1) is 23.4 Å². The first-order chi connectivity index (χ1) is 13.0. The lowest BCUT2D eigenvalue weighted by Gasteiger charge is -2.05. The van der Waals surface area contributed by atoms with Crippen molar-refractivity contribution in [2.75, 3.05) is 17.7 Å². The van der Waals surface area contributed by atoms with Gasteiger partial charge in [-0.15, -0.1) is 23.1 Å². The van der Waals surface area contributed by atoms with Crippen molar-refractivity contribution in [1.82, 2.24) is 0 Å². The first-order valence-electron chi connectivity index (χ1n) is 8.00. The van der Waals surface area contributed by atoms with Gasteiger partial charge in [-0.25, -0.2) is 9.18 Å². The molecule has 0 bridgehead atoms. The number of nitrogens with one attached hydrogen (secondary N) is 1. The van der Waals surface area contributed by atoms with Crippen LogP contribution in [0.15, 0.2) is 34.1 Å². The number of benzene rings is 1. The smallest absolute Gasteiger partial charge is 0.348 e. The summed E-state index contributed by atoms with van der Waals surface area (Å²) in [6.45, 7) is 3.69. The number of carbonyl (C=O) groups is 2. The quantitative estimate of drug-likeness (QED) is 0.362. The number of esters is 1. The third kappa shape index (κ3) is 5.99. The van der Waals surface area contributed by atoms with E-state index in [1.165, 1.54) is 23.9 Å². The summed E-state index contributed by atoms with van der Waals surface area (Å²) in [7, 11) is 0. The fraction of sp³-hybridized carbons (Fsp3) is 0.278. The minimum atomic E-state index is -0.466. The van der Waals surface area contributed by atoms with Gasteiger partial charge in [0.2, 0.25) is 5.91 Å². The van der Waals surface area contributed by atoms with Crippen molar-refractivity contribution in [3.05, 3.63) is 40.5 Å². The zero-order chi connectivity index (χ0) is 19.8. The first kappa shape index (κ1) is 21.3. The maximum atomic E-state index is 12.9. The van der Waals surface area contributed by atoms with Gasteiger partial charge in [0.1, 0.15) is 21.1 Å². The minimum Gasteiger partial charge on any atom is -0.462 e. The van der Waals surface area contributed by atoms with Gasteiger partial charge in [-0.2, -0.15) is 5.26 Å². The van der Waals surface area contributed by atoms with Crippen LogP contribution in [0.25, 0.3) is 0 Å². The number of nitrogens with zero attached hydrogens (tertiary/aromatic N) is 1. The van der Waals surface area contributed by atoms with Gasteiger partial charge in [-0.1, -0.05) is 0 Å². The zero-order valence-corrected chi connectivity index (χ0v) is 17.2. The summed E-state index contributed by atoms with van der Waals surface area (Å²) in [5.74, 6) is -0.467. The Kier molecular flexibility index (Phi) is 8.16. The average Bonchev–Trinajstić information content (AvgIpc) is 2.93.